The summed E-state index contributed by atoms with van der Waals surface area (Å²) in [4.78, 5) is 18.6. The molecule has 0 radical (unpaired) electrons. The third-order valence-electron chi connectivity index (χ3n) is 5.68. The van der Waals surface area contributed by atoms with Gasteiger partial charge in [0, 0.05) is 31.9 Å². The molecule has 1 fully saturated rings. The Labute approximate surface area is 169 Å². The van der Waals surface area contributed by atoms with Crippen LogP contribution in [0.2, 0.25) is 0 Å². The van der Waals surface area contributed by atoms with Gasteiger partial charge in [0.05, 0.1) is 0 Å². The van der Waals surface area contributed by atoms with Crippen molar-refractivity contribution >= 4 is 5.91 Å². The van der Waals surface area contributed by atoms with E-state index in [9.17, 15) is 4.79 Å². The zero-order valence-corrected chi connectivity index (χ0v) is 16.9. The van der Waals surface area contributed by atoms with Gasteiger partial charge in [-0.1, -0.05) is 49.2 Å². The number of amides is 1. The minimum atomic E-state index is 0.151. The van der Waals surface area contributed by atoms with E-state index < -0.39 is 0 Å². The highest BCUT2D eigenvalue weighted by Crippen LogP contribution is 2.23. The summed E-state index contributed by atoms with van der Waals surface area (Å²) in [5.74, 6) is 1.01. The molecule has 2 aromatic rings. The predicted molar refractivity (Wildman–Crippen MR) is 114 cm³/mol. The van der Waals surface area contributed by atoms with E-state index in [0.717, 1.165) is 37.4 Å². The summed E-state index contributed by atoms with van der Waals surface area (Å²) in [5.41, 5.74) is 2.54. The molecule has 1 aromatic carbocycles. The number of rotatable bonds is 10. The van der Waals surface area contributed by atoms with Gasteiger partial charge in [0.25, 0.3) is 0 Å². The highest BCUT2D eigenvalue weighted by molar-refractivity contribution is 5.76. The monoisotopic (exact) mass is 379 g/mol. The van der Waals surface area contributed by atoms with Crippen LogP contribution in [0.15, 0.2) is 54.9 Å². The number of hydrogen-bond acceptors (Lipinski definition) is 3. The van der Waals surface area contributed by atoms with E-state index in [1.807, 2.05) is 18.3 Å². The molecule has 0 unspecified atom stereocenters. The van der Waals surface area contributed by atoms with Crippen molar-refractivity contribution in [1.82, 2.24) is 15.2 Å². The zero-order valence-electron chi connectivity index (χ0n) is 16.9. The number of carbonyl (C=O) groups excluding carboxylic acids is 1. The van der Waals surface area contributed by atoms with Gasteiger partial charge in [0.15, 0.2) is 0 Å². The number of likely N-dealkylation sites (tertiary alicyclic amines) is 1. The van der Waals surface area contributed by atoms with Gasteiger partial charge in [0.2, 0.25) is 5.91 Å². The molecule has 2 heterocycles. The van der Waals surface area contributed by atoms with Crippen molar-refractivity contribution in [1.29, 1.82) is 0 Å². The number of unbranched alkanes of at least 4 members (excludes halogenated alkanes) is 1. The summed E-state index contributed by atoms with van der Waals surface area (Å²) >= 11 is 0. The van der Waals surface area contributed by atoms with Crippen LogP contribution in [-0.4, -0.2) is 35.4 Å². The van der Waals surface area contributed by atoms with Crippen LogP contribution >= 0.6 is 0 Å². The van der Waals surface area contributed by atoms with Gasteiger partial charge in [-0.25, -0.2) is 0 Å². The van der Waals surface area contributed by atoms with Crippen molar-refractivity contribution in [2.45, 2.75) is 51.5 Å². The maximum Gasteiger partial charge on any atom is 0.220 e. The summed E-state index contributed by atoms with van der Waals surface area (Å²) in [6.45, 7) is 4.31. The molecular weight excluding hydrogens is 346 g/mol. The van der Waals surface area contributed by atoms with E-state index in [4.69, 9.17) is 0 Å². The Morgan fingerprint density at radius 3 is 2.57 bits per heavy atom. The molecule has 4 heteroatoms. The van der Waals surface area contributed by atoms with Gasteiger partial charge in [-0.15, -0.1) is 0 Å². The first-order valence-electron chi connectivity index (χ1n) is 10.7. The molecule has 0 bridgehead atoms. The summed E-state index contributed by atoms with van der Waals surface area (Å²) in [7, 11) is 0. The van der Waals surface area contributed by atoms with Gasteiger partial charge in [-0.3, -0.25) is 14.7 Å². The van der Waals surface area contributed by atoms with Gasteiger partial charge in [0.1, 0.15) is 0 Å². The van der Waals surface area contributed by atoms with E-state index >= 15 is 0 Å². The zero-order chi connectivity index (χ0) is 19.4. The average Bonchev–Trinajstić information content (AvgIpc) is 2.75. The number of piperidine rings is 1. The Morgan fingerprint density at radius 1 is 1.04 bits per heavy atom. The van der Waals surface area contributed by atoms with Crippen LogP contribution in [0, 0.1) is 5.92 Å². The fourth-order valence-corrected chi connectivity index (χ4v) is 3.95. The maximum atomic E-state index is 11.9. The van der Waals surface area contributed by atoms with Crippen LogP contribution in [0.25, 0.3) is 0 Å². The number of aromatic nitrogens is 1. The number of pyridine rings is 1. The minimum Gasteiger partial charge on any atom is -0.356 e. The summed E-state index contributed by atoms with van der Waals surface area (Å²) in [6.07, 6.45) is 11.1. The number of nitrogens with zero attached hydrogens (tertiary/aromatic N) is 2. The summed E-state index contributed by atoms with van der Waals surface area (Å²) in [5, 5.41) is 3.06. The topological polar surface area (TPSA) is 45.2 Å². The Hall–Kier alpha value is -2.20. The molecule has 0 saturated carbocycles. The Kier molecular flexibility index (Phi) is 8.51. The van der Waals surface area contributed by atoms with Crippen molar-refractivity contribution in [2.24, 2.45) is 5.92 Å². The molecule has 0 atom stereocenters. The highest BCUT2D eigenvalue weighted by atomic mass is 16.1. The second-order valence-corrected chi connectivity index (χ2v) is 7.91. The SMILES string of the molecule is O=C(CCc1cccnc1)NCCCCC1CCN(Cc2ccccc2)CC1. The van der Waals surface area contributed by atoms with Crippen LogP contribution < -0.4 is 5.32 Å². The van der Waals surface area contributed by atoms with Crippen LogP contribution in [-0.2, 0) is 17.8 Å². The fourth-order valence-electron chi connectivity index (χ4n) is 3.95. The maximum absolute atomic E-state index is 11.9. The number of carbonyl (C=O) groups is 1. The number of benzene rings is 1. The molecule has 0 aliphatic carbocycles. The lowest BCUT2D eigenvalue weighted by atomic mass is 9.91. The molecule has 1 aromatic heterocycles. The van der Waals surface area contributed by atoms with Crippen LogP contribution in [0.4, 0.5) is 0 Å². The van der Waals surface area contributed by atoms with Gasteiger partial charge < -0.3 is 5.32 Å². The van der Waals surface area contributed by atoms with Crippen LogP contribution in [0.1, 0.15) is 49.7 Å². The smallest absolute Gasteiger partial charge is 0.220 e. The van der Waals surface area contributed by atoms with Crippen LogP contribution in [0.5, 0.6) is 0 Å². The minimum absolute atomic E-state index is 0.151. The molecule has 4 nitrogen and oxygen atoms in total. The molecule has 1 amide bonds. The molecule has 3 rings (SSSR count). The highest BCUT2D eigenvalue weighted by Gasteiger charge is 2.18. The van der Waals surface area contributed by atoms with Crippen molar-refractivity contribution in [3.63, 3.8) is 0 Å². The molecule has 150 valence electrons. The van der Waals surface area contributed by atoms with Crippen molar-refractivity contribution < 1.29 is 4.79 Å². The van der Waals surface area contributed by atoms with E-state index in [0.29, 0.717) is 6.42 Å². The third-order valence-corrected chi connectivity index (χ3v) is 5.68. The molecule has 1 N–H and O–H groups in total. The standard InChI is InChI=1S/C24H33N3O/c28-24(12-11-22-10-6-15-25-19-22)26-16-5-4-7-21-13-17-27(18-14-21)20-23-8-2-1-3-9-23/h1-3,6,8-10,15,19,21H,4-5,7,11-14,16-18,20H2,(H,26,28). The first-order valence-corrected chi connectivity index (χ1v) is 10.7. The average molecular weight is 380 g/mol. The summed E-state index contributed by atoms with van der Waals surface area (Å²) < 4.78 is 0. The molecule has 1 aliphatic rings. The second-order valence-electron chi connectivity index (χ2n) is 7.91. The van der Waals surface area contributed by atoms with E-state index in [2.05, 4.69) is 45.5 Å². The third kappa shape index (κ3) is 7.43. The Bertz CT molecular complexity index is 682. The van der Waals surface area contributed by atoms with Crippen molar-refractivity contribution in [2.75, 3.05) is 19.6 Å². The van der Waals surface area contributed by atoms with Gasteiger partial charge in [-0.05, 0) is 61.9 Å². The quantitative estimate of drug-likeness (QED) is 0.629. The number of nitrogens with one attached hydrogen (secondary N) is 1. The van der Waals surface area contributed by atoms with Crippen molar-refractivity contribution in [3.05, 3.63) is 66.0 Å². The number of hydrogen-bond donors (Lipinski definition) is 1. The molecular formula is C24H33N3O. The lowest BCUT2D eigenvalue weighted by molar-refractivity contribution is -0.121. The Balaban J connectivity index is 1.20. The lowest BCUT2D eigenvalue weighted by Gasteiger charge is -2.32. The predicted octanol–water partition coefficient (Wildman–Crippen LogP) is 4.21. The van der Waals surface area contributed by atoms with E-state index in [-0.39, 0.29) is 5.91 Å². The van der Waals surface area contributed by atoms with E-state index in [1.165, 1.54) is 44.3 Å². The summed E-state index contributed by atoms with van der Waals surface area (Å²) in [6, 6.07) is 14.7. The van der Waals surface area contributed by atoms with Crippen molar-refractivity contribution in [3.8, 4) is 0 Å². The van der Waals surface area contributed by atoms with E-state index in [1.54, 1.807) is 6.20 Å². The largest absolute Gasteiger partial charge is 0.356 e. The van der Waals surface area contributed by atoms with Crippen LogP contribution in [0.3, 0.4) is 0 Å². The first-order chi connectivity index (χ1) is 13.8. The first kappa shape index (κ1) is 20.5. The molecule has 0 spiro atoms. The fraction of sp³-hybridized carbons (Fsp3) is 0.500. The second kappa shape index (κ2) is 11.6. The Morgan fingerprint density at radius 2 is 1.82 bits per heavy atom. The molecule has 28 heavy (non-hydrogen) atoms. The molecule has 1 aliphatic heterocycles. The van der Waals surface area contributed by atoms with Gasteiger partial charge >= 0.3 is 0 Å². The van der Waals surface area contributed by atoms with Gasteiger partial charge in [-0.2, -0.15) is 0 Å². The normalized spacial score (nSPS) is 15.4. The molecule has 1 saturated heterocycles. The number of aryl methyl sites for hydroxylation is 1. The lowest BCUT2D eigenvalue weighted by Crippen LogP contribution is -2.33.